The molecule has 5 aliphatic heterocycles. The lowest BCUT2D eigenvalue weighted by atomic mass is 9.80. The number of hydrogen-bond acceptors (Lipinski definition) is 34. The van der Waals surface area contributed by atoms with Gasteiger partial charge in [-0.2, -0.15) is 10.1 Å². The number of nitrogens with two attached hydrogens (primary N) is 3. The summed E-state index contributed by atoms with van der Waals surface area (Å²) >= 11 is 0. The Morgan fingerprint density at radius 3 is 2.20 bits per heavy atom. The number of alkyl carbamates (subject to hydrolysis) is 1. The molecular formula is C96H128N18O21. The van der Waals surface area contributed by atoms with Crippen molar-refractivity contribution in [2.75, 3.05) is 134 Å². The molecular weight excluding hydrogens is 1740 g/mol. The zero-order valence-corrected chi connectivity index (χ0v) is 77.9. The number of ketones is 3. The minimum Gasteiger partial charge on any atom is -0.459 e. The quantitative estimate of drug-likeness (QED) is 0.0104. The highest BCUT2D eigenvalue weighted by molar-refractivity contribution is 6.39. The third-order valence-corrected chi connectivity index (χ3v) is 25.9. The average Bonchev–Trinajstić information content (AvgIpc) is 1.56. The molecule has 2 bridgehead atoms. The van der Waals surface area contributed by atoms with Crippen LogP contribution in [-0.2, 0) is 97.5 Å². The van der Waals surface area contributed by atoms with Crippen molar-refractivity contribution in [3.8, 4) is 11.3 Å². The number of aliphatic hydroxyl groups is 3. The van der Waals surface area contributed by atoms with Crippen LogP contribution in [0.1, 0.15) is 157 Å². The number of aliphatic hydroxyl groups excluding tert-OH is 2. The zero-order chi connectivity index (χ0) is 95.8. The van der Waals surface area contributed by atoms with Gasteiger partial charge in [-0.15, -0.1) is 0 Å². The lowest BCUT2D eigenvalue weighted by Gasteiger charge is -2.40. The van der Waals surface area contributed by atoms with Crippen molar-refractivity contribution in [2.24, 2.45) is 29.4 Å². The van der Waals surface area contributed by atoms with E-state index in [1.165, 1.54) is 38.2 Å². The summed E-state index contributed by atoms with van der Waals surface area (Å²) in [6.07, 6.45) is 15.0. The number of nitrogen functional groups attached to an aromatic ring is 2. The maximum Gasteiger partial charge on any atom is 0.407 e. The summed E-state index contributed by atoms with van der Waals surface area (Å²) in [7, 11) is 3.05. The van der Waals surface area contributed by atoms with E-state index in [4.69, 9.17) is 69.3 Å². The number of benzene rings is 2. The van der Waals surface area contributed by atoms with E-state index < -0.39 is 114 Å². The van der Waals surface area contributed by atoms with Crippen molar-refractivity contribution in [1.82, 2.24) is 65.1 Å². The monoisotopic (exact) mass is 1870 g/mol. The molecule has 39 nitrogen and oxygen atoms in total. The second-order valence-electron chi connectivity index (χ2n) is 35.7. The Balaban J connectivity index is 0.487. The van der Waals surface area contributed by atoms with Gasteiger partial charge < -0.3 is 110 Å². The highest BCUT2D eigenvalue weighted by Gasteiger charge is 2.50. The van der Waals surface area contributed by atoms with Crippen LogP contribution in [0.5, 0.6) is 0 Å². The molecule has 4 amide bonds. The number of Topliss-reactive ketones (excluding diaryl/α,β-unsaturated/α-hetero) is 3. The Morgan fingerprint density at radius 2 is 1.46 bits per heavy atom. The number of allylic oxidation sites excluding steroid dienone is 6. The number of aromatic nitrogens is 9. The molecule has 10 heterocycles. The van der Waals surface area contributed by atoms with Gasteiger partial charge in [-0.1, -0.05) is 75.4 Å². The molecule has 0 radical (unpaired) electrons. The minimum atomic E-state index is -2.48. The molecule has 1 saturated carbocycles. The number of piperidine rings is 1. The maximum absolute atomic E-state index is 14.7. The van der Waals surface area contributed by atoms with Gasteiger partial charge in [0.1, 0.15) is 71.1 Å². The molecule has 39 heteroatoms. The summed E-state index contributed by atoms with van der Waals surface area (Å²) in [5.41, 5.74) is 27.5. The van der Waals surface area contributed by atoms with Gasteiger partial charge in [0.15, 0.2) is 17.0 Å². The highest BCUT2D eigenvalue weighted by Crippen LogP contribution is 2.38. The molecule has 0 unspecified atom stereocenters. The van der Waals surface area contributed by atoms with E-state index in [9.17, 15) is 53.7 Å². The number of cyclic esters (lactones) is 1. The summed E-state index contributed by atoms with van der Waals surface area (Å²) < 4.78 is 60.0. The molecule has 4 fully saturated rings. The number of oxazole rings is 1. The van der Waals surface area contributed by atoms with E-state index in [-0.39, 0.29) is 106 Å². The van der Waals surface area contributed by atoms with E-state index in [1.807, 2.05) is 76.9 Å². The van der Waals surface area contributed by atoms with Gasteiger partial charge in [-0.25, -0.2) is 44.2 Å². The molecule has 13 rings (SSSR count). The van der Waals surface area contributed by atoms with Crippen LogP contribution >= 0.6 is 0 Å². The smallest absolute Gasteiger partial charge is 0.407 e. The van der Waals surface area contributed by atoms with E-state index in [1.54, 1.807) is 45.6 Å². The molecule has 11 N–H and O–H groups in total. The summed E-state index contributed by atoms with van der Waals surface area (Å²) in [6, 6.07) is 9.61. The van der Waals surface area contributed by atoms with E-state index in [2.05, 4.69) is 62.6 Å². The number of carbonyl (C=O) groups is 8. The SMILES string of the molecule is CO[C@H]1C[C@@H]2CCC[C@@](O)(O2)C(=O)C(=O)N2CCCC[C@H]2C(=O)O[C@H]([C@H](N)C[C@@H]2CC[C@@H](OC(=O)NCc3cnc(N4CCN(c5cnc(C(=O)NCCOCCOCCOCCOCCC(=O)N6CCc7cc(Cn8nc(-c9ccc%10oc(N)nc%10c9)c9c(N)ncnc98)ccc7C6)cn5)CC4)nc3)[C@H](OC)C2)CC(=O)[C@H](C)/C=C(\C)[C@@H](O)[C@@H](O)C(=O)[C@H](C)C[C@H](C)/C=C/C=CC=C1C. The maximum atomic E-state index is 14.7. The number of hydrogen-bond donors (Lipinski definition) is 8. The van der Waals surface area contributed by atoms with E-state index in [0.717, 1.165) is 27.2 Å². The first-order valence-corrected chi connectivity index (χ1v) is 46.7. The lowest BCUT2D eigenvalue weighted by molar-refractivity contribution is -0.245. The molecule has 6 aliphatic rings. The van der Waals surface area contributed by atoms with Crippen LogP contribution in [0, 0.1) is 23.7 Å². The second kappa shape index (κ2) is 48.3. The van der Waals surface area contributed by atoms with Crippen LogP contribution in [0.15, 0.2) is 120 Å². The number of methoxy groups -OCH3 is 2. The molecule has 0 spiro atoms. The molecule has 1 aliphatic carbocycles. The second-order valence-corrected chi connectivity index (χ2v) is 35.7. The van der Waals surface area contributed by atoms with Crippen molar-refractivity contribution in [3.63, 3.8) is 0 Å². The number of piperazine rings is 1. The molecule has 7 aromatic rings. The summed E-state index contributed by atoms with van der Waals surface area (Å²) in [5.74, 6) is -7.50. The Morgan fingerprint density at radius 1 is 0.711 bits per heavy atom. The van der Waals surface area contributed by atoms with E-state index in [0.29, 0.717) is 194 Å². The Hall–Kier alpha value is -11.5. The van der Waals surface area contributed by atoms with Gasteiger partial charge in [0.25, 0.3) is 23.6 Å². The number of fused-ring (bicyclic) bond motifs is 6. The molecule has 3 saturated heterocycles. The van der Waals surface area contributed by atoms with Gasteiger partial charge in [0.2, 0.25) is 17.6 Å². The summed E-state index contributed by atoms with van der Waals surface area (Å²) in [6.45, 7) is 15.3. The third kappa shape index (κ3) is 27.0. The van der Waals surface area contributed by atoms with Gasteiger partial charge >= 0.3 is 12.1 Å². The Bertz CT molecular complexity index is 5350. The Labute approximate surface area is 784 Å². The van der Waals surface area contributed by atoms with E-state index >= 15 is 0 Å². The number of amides is 4. The fraction of sp³-hybridized carbons (Fsp3) is 0.562. The van der Waals surface area contributed by atoms with Crippen LogP contribution in [-0.4, -0.2) is 290 Å². The summed E-state index contributed by atoms with van der Waals surface area (Å²) in [4.78, 5) is 149. The molecule has 14 atom stereocenters. The fourth-order valence-corrected chi connectivity index (χ4v) is 18.2. The van der Waals surface area contributed by atoms with Crippen molar-refractivity contribution < 1.29 is 101 Å². The van der Waals surface area contributed by atoms with Gasteiger partial charge in [-0.3, -0.25) is 28.8 Å². The zero-order valence-electron chi connectivity index (χ0n) is 77.9. The molecule has 135 heavy (non-hydrogen) atoms. The minimum absolute atomic E-state index is 0.00580. The van der Waals surface area contributed by atoms with Crippen molar-refractivity contribution in [2.45, 2.75) is 211 Å². The predicted molar refractivity (Wildman–Crippen MR) is 496 cm³/mol. The number of esters is 1. The molecule has 5 aromatic heterocycles. The van der Waals surface area contributed by atoms with Crippen LogP contribution in [0.3, 0.4) is 0 Å². The standard InChI is InChI=1S/C96H128N18O21/c1-58-14-9-8-10-15-59(2)77(126-6)48-69-16-13-26-96(125,135-69)87(120)91(122)113-28-12-11-17-73(113)92(123)132-78(49-74(115)60(3)43-62(5)85(118)86(119)84(117)61(4)42-58)70(97)45-63-19-22-76(79(46-63)127-7)134-95(124)105-52-65-50-103-94(104-51-65)111-32-30-110(31-33-111)80-54-101-72(53-102-80)90(121)100-27-35-129-37-39-131-41-40-130-38-36-128-34-25-81(116)112-29-24-66-44-64(18-20-68(66)56-112)55-114-89-82(88(98)106-57-107-89)83(109-114)67-21-23-75-71(47-67)108-93(99)133-75/h8-10,14-15,18,20-21,23,43-44,47,50-51,53-54,57-58,60-61,63,69-70,73,76-79,85-86,118-119,125H,11-13,16-17,19,22,24-42,45-46,48-49,52,55-56,97H2,1-7H3,(H2,99,108)(H,100,121)(H,105,124)(H2,98,106,107)/b10-8?,14-9+,59-15?,62-43+/t58-,60-,61-,63+,69+,70-,73+,76-,77+,78+,79-,85-,86+,96-/m1/s1. The summed E-state index contributed by atoms with van der Waals surface area (Å²) in [5, 5.41) is 45.6. The number of rotatable bonds is 29. The highest BCUT2D eigenvalue weighted by atomic mass is 16.6. The fourth-order valence-electron chi connectivity index (χ4n) is 18.2. The number of carbonyl (C=O) groups excluding carboxylic acids is 8. The number of ether oxygens (including phenoxy) is 9. The van der Waals surface area contributed by atoms with Gasteiger partial charge in [0, 0.05) is 134 Å². The van der Waals surface area contributed by atoms with Gasteiger partial charge in [0.05, 0.1) is 102 Å². The van der Waals surface area contributed by atoms with Crippen LogP contribution in [0.25, 0.3) is 33.4 Å². The first-order chi connectivity index (χ1) is 65.1. The largest absolute Gasteiger partial charge is 0.459 e. The third-order valence-electron chi connectivity index (χ3n) is 25.9. The Kier molecular flexibility index (Phi) is 36.1. The first kappa shape index (κ1) is 101. The number of nitrogens with zero attached hydrogens (tertiary/aromatic N) is 13. The lowest BCUT2D eigenvalue weighted by Crippen LogP contribution is -2.58. The van der Waals surface area contributed by atoms with Crippen molar-refractivity contribution in [3.05, 3.63) is 143 Å². The first-order valence-electron chi connectivity index (χ1n) is 46.7. The molecule has 2 aromatic carbocycles. The predicted octanol–water partition coefficient (Wildman–Crippen LogP) is 6.74. The number of anilines is 4. The van der Waals surface area contributed by atoms with Crippen LogP contribution in [0.4, 0.5) is 28.4 Å². The van der Waals surface area contributed by atoms with Crippen molar-refractivity contribution in [1.29, 1.82) is 0 Å². The normalized spacial score (nSPS) is 25.5. The average molecular weight is 1870 g/mol. The van der Waals surface area contributed by atoms with Crippen molar-refractivity contribution >= 4 is 92.9 Å². The molecule has 728 valence electrons. The van der Waals surface area contributed by atoms with Gasteiger partial charge in [-0.05, 0) is 142 Å². The van der Waals surface area contributed by atoms with Crippen LogP contribution in [0.2, 0.25) is 0 Å². The topological polar surface area (TPSA) is 517 Å². The van der Waals surface area contributed by atoms with Crippen LogP contribution < -0.4 is 37.6 Å². The number of nitrogens with one attached hydrogen (secondary N) is 2.